The number of rotatable bonds is 1. The quantitative estimate of drug-likeness (QED) is 0.707. The number of nitrogens with zero attached hydrogens (tertiary/aromatic N) is 1. The third-order valence-corrected chi connectivity index (χ3v) is 2.00. The smallest absolute Gasteiger partial charge is 0.168 e. The molecule has 3 nitrogen and oxygen atoms in total. The molecule has 1 aromatic rings. The van der Waals surface area contributed by atoms with E-state index in [2.05, 4.69) is 17.1 Å². The predicted molar refractivity (Wildman–Crippen MR) is 74.6 cm³/mol. The number of allylic oxidation sites excluding steroid dienone is 2. The van der Waals surface area contributed by atoms with Crippen LogP contribution in [0.1, 0.15) is 37.7 Å². The lowest BCUT2D eigenvalue weighted by molar-refractivity contribution is -0.106. The highest BCUT2D eigenvalue weighted by Gasteiger charge is 1.92. The molecule has 2 rings (SSSR count). The van der Waals surface area contributed by atoms with Gasteiger partial charge < -0.3 is 4.79 Å². The van der Waals surface area contributed by atoms with E-state index in [0.717, 1.165) is 29.4 Å². The van der Waals surface area contributed by atoms with Crippen LogP contribution in [0.25, 0.3) is 12.2 Å². The average Bonchev–Trinajstić information content (AvgIpc) is 2.66. The minimum atomic E-state index is 0.485. The average molecular weight is 245 g/mol. The van der Waals surface area contributed by atoms with Crippen LogP contribution in [0.15, 0.2) is 24.4 Å². The molecule has 0 saturated heterocycles. The first-order valence-electron chi connectivity index (χ1n) is 6.00. The van der Waals surface area contributed by atoms with E-state index in [0.29, 0.717) is 5.69 Å². The molecule has 0 bridgehead atoms. The molecule has 18 heavy (non-hydrogen) atoms. The van der Waals surface area contributed by atoms with E-state index in [1.54, 1.807) is 12.3 Å². The summed E-state index contributed by atoms with van der Waals surface area (Å²) < 4.78 is 0. The minimum Gasteiger partial charge on any atom is -0.304 e. The molecule has 96 valence electrons. The Kier molecular flexibility index (Phi) is 9.00. The third kappa shape index (κ3) is 5.34. The largest absolute Gasteiger partial charge is 0.304 e. The number of pyridine rings is 1. The van der Waals surface area contributed by atoms with Crippen LogP contribution < -0.4 is 10.4 Å². The molecule has 0 radical (unpaired) electrons. The molecule has 0 fully saturated rings. The maximum absolute atomic E-state index is 10.5. The van der Waals surface area contributed by atoms with Crippen molar-refractivity contribution < 1.29 is 9.59 Å². The van der Waals surface area contributed by atoms with Gasteiger partial charge in [0.15, 0.2) is 6.29 Å². The Hall–Kier alpha value is -2.03. The molecule has 1 aliphatic carbocycles. The Morgan fingerprint density at radius 3 is 2.50 bits per heavy atom. The zero-order valence-corrected chi connectivity index (χ0v) is 11.1. The van der Waals surface area contributed by atoms with E-state index in [1.165, 1.54) is 6.92 Å². The van der Waals surface area contributed by atoms with Crippen LogP contribution in [0.5, 0.6) is 0 Å². The lowest BCUT2D eigenvalue weighted by Gasteiger charge is -1.90. The van der Waals surface area contributed by atoms with Gasteiger partial charge in [-0.1, -0.05) is 38.2 Å². The van der Waals surface area contributed by atoms with Gasteiger partial charge in [0.1, 0.15) is 12.0 Å². The van der Waals surface area contributed by atoms with Crippen LogP contribution in [0.3, 0.4) is 0 Å². The van der Waals surface area contributed by atoms with E-state index >= 15 is 0 Å². The van der Waals surface area contributed by atoms with Crippen LogP contribution in [-0.2, 0) is 4.79 Å². The van der Waals surface area contributed by atoms with Crippen LogP contribution in [0.2, 0.25) is 0 Å². The van der Waals surface area contributed by atoms with Crippen molar-refractivity contribution in [3.05, 3.63) is 40.5 Å². The first kappa shape index (κ1) is 16.0. The van der Waals surface area contributed by atoms with Gasteiger partial charge in [0.25, 0.3) is 0 Å². The van der Waals surface area contributed by atoms with E-state index in [-0.39, 0.29) is 0 Å². The van der Waals surface area contributed by atoms with Crippen molar-refractivity contribution in [1.29, 1.82) is 0 Å². The Balaban J connectivity index is 0.000000509. The van der Waals surface area contributed by atoms with Gasteiger partial charge in [-0.25, -0.2) is 0 Å². The molecule has 1 heterocycles. The van der Waals surface area contributed by atoms with E-state index < -0.39 is 0 Å². The lowest BCUT2D eigenvalue weighted by Crippen LogP contribution is -2.25. The van der Waals surface area contributed by atoms with E-state index in [4.69, 9.17) is 4.79 Å². The lowest BCUT2D eigenvalue weighted by atomic mass is 10.2. The zero-order chi connectivity index (χ0) is 13.8. The topological polar surface area (TPSA) is 47.0 Å². The third-order valence-electron chi connectivity index (χ3n) is 2.00. The molecule has 1 aliphatic rings. The Labute approximate surface area is 108 Å². The van der Waals surface area contributed by atoms with E-state index in [1.807, 2.05) is 26.0 Å². The van der Waals surface area contributed by atoms with Crippen molar-refractivity contribution in [1.82, 2.24) is 4.98 Å². The van der Waals surface area contributed by atoms with Gasteiger partial charge in [-0.3, -0.25) is 9.78 Å². The van der Waals surface area contributed by atoms with Crippen LogP contribution in [-0.4, -0.2) is 17.6 Å². The summed E-state index contributed by atoms with van der Waals surface area (Å²) in [5.41, 5.74) is 0.485. The van der Waals surface area contributed by atoms with Gasteiger partial charge in [-0.05, 0) is 29.8 Å². The van der Waals surface area contributed by atoms with Gasteiger partial charge >= 0.3 is 0 Å². The molecule has 0 aliphatic heterocycles. The van der Waals surface area contributed by atoms with Gasteiger partial charge in [0, 0.05) is 6.20 Å². The fraction of sp³-hybridized carbons (Fsp3) is 0.267. The zero-order valence-electron chi connectivity index (χ0n) is 11.1. The summed E-state index contributed by atoms with van der Waals surface area (Å²) in [4.78, 5) is 23.3. The first-order chi connectivity index (χ1) is 8.81. The van der Waals surface area contributed by atoms with Gasteiger partial charge in [-0.2, -0.15) is 0 Å². The second kappa shape index (κ2) is 10.1. The SMILES string of the molecule is CC.CC=O.O=Cc1cc2c(cn1)=CCC=CC=2. The number of hydrogen-bond acceptors (Lipinski definition) is 3. The summed E-state index contributed by atoms with van der Waals surface area (Å²) in [7, 11) is 0. The van der Waals surface area contributed by atoms with Gasteiger partial charge in [0.2, 0.25) is 0 Å². The molecule has 0 amide bonds. The normalized spacial score (nSPS) is 10.8. The molecular formula is C15H19NO2. The maximum Gasteiger partial charge on any atom is 0.168 e. The second-order valence-corrected chi connectivity index (χ2v) is 3.13. The molecule has 0 aromatic carbocycles. The monoisotopic (exact) mass is 245 g/mol. The molecule has 0 N–H and O–H groups in total. The Morgan fingerprint density at radius 2 is 1.89 bits per heavy atom. The molecular weight excluding hydrogens is 226 g/mol. The summed E-state index contributed by atoms with van der Waals surface area (Å²) >= 11 is 0. The van der Waals surface area contributed by atoms with Gasteiger partial charge in [-0.15, -0.1) is 0 Å². The molecule has 1 aromatic heterocycles. The number of carbonyl (C=O) groups is 2. The van der Waals surface area contributed by atoms with Crippen molar-refractivity contribution in [3.63, 3.8) is 0 Å². The minimum absolute atomic E-state index is 0.485. The number of carbonyl (C=O) groups excluding carboxylic acids is 2. The number of hydrogen-bond donors (Lipinski definition) is 0. The number of aromatic nitrogens is 1. The first-order valence-corrected chi connectivity index (χ1v) is 6.00. The fourth-order valence-electron chi connectivity index (χ4n) is 1.32. The van der Waals surface area contributed by atoms with Crippen molar-refractivity contribution in [2.24, 2.45) is 0 Å². The summed E-state index contributed by atoms with van der Waals surface area (Å²) in [5, 5.41) is 2.15. The van der Waals surface area contributed by atoms with E-state index in [9.17, 15) is 4.79 Å². The molecule has 0 unspecified atom stereocenters. The highest BCUT2D eigenvalue weighted by Crippen LogP contribution is 1.89. The van der Waals surface area contributed by atoms with Crippen molar-refractivity contribution in [2.45, 2.75) is 27.2 Å². The number of aldehydes is 2. The summed E-state index contributed by atoms with van der Waals surface area (Å²) in [5.74, 6) is 0. The Morgan fingerprint density at radius 1 is 1.22 bits per heavy atom. The molecule has 3 heteroatoms. The van der Waals surface area contributed by atoms with Crippen molar-refractivity contribution >= 4 is 24.7 Å². The second-order valence-electron chi connectivity index (χ2n) is 3.13. The molecule has 0 saturated carbocycles. The van der Waals surface area contributed by atoms with Crippen LogP contribution in [0.4, 0.5) is 0 Å². The molecule has 0 atom stereocenters. The highest BCUT2D eigenvalue weighted by atomic mass is 16.1. The van der Waals surface area contributed by atoms with Crippen molar-refractivity contribution in [3.8, 4) is 0 Å². The number of fused-ring (bicyclic) bond motifs is 1. The van der Waals surface area contributed by atoms with Gasteiger partial charge in [0.05, 0.1) is 0 Å². The fourth-order valence-corrected chi connectivity index (χ4v) is 1.32. The predicted octanol–water partition coefficient (Wildman–Crippen LogP) is 1.65. The summed E-state index contributed by atoms with van der Waals surface area (Å²) in [6, 6.07) is 1.80. The summed E-state index contributed by atoms with van der Waals surface area (Å²) in [6.45, 7) is 5.44. The highest BCUT2D eigenvalue weighted by molar-refractivity contribution is 5.71. The molecule has 0 spiro atoms. The van der Waals surface area contributed by atoms with Crippen molar-refractivity contribution in [2.75, 3.05) is 0 Å². The standard InChI is InChI=1S/C11H9NO.C2H4O.C2H6/c13-8-11-6-9-4-2-1-3-5-10(9)7-12-11;1-2-3;1-2/h1-2,4-8H,3H2;2H,1H3;1-2H3. The van der Waals surface area contributed by atoms with Crippen LogP contribution >= 0.6 is 0 Å². The maximum atomic E-state index is 10.5. The Bertz CT molecular complexity index is 516. The summed E-state index contributed by atoms with van der Waals surface area (Å²) in [6.07, 6.45) is 12.3. The van der Waals surface area contributed by atoms with Crippen LogP contribution in [0, 0.1) is 0 Å².